The molecule has 8 heteroatoms. The maximum atomic E-state index is 5.41. The van der Waals surface area contributed by atoms with Crippen molar-refractivity contribution in [2.45, 2.75) is 19.4 Å². The number of hydrogen-bond donors (Lipinski definition) is 0. The first-order valence-corrected chi connectivity index (χ1v) is 7.88. The third kappa shape index (κ3) is 3.82. The molecular weight excluding hydrogens is 348 g/mol. The topological polar surface area (TPSA) is 68.4 Å². The molecule has 116 valence electrons. The van der Waals surface area contributed by atoms with E-state index >= 15 is 0 Å². The summed E-state index contributed by atoms with van der Waals surface area (Å²) in [7, 11) is 1.88. The van der Waals surface area contributed by atoms with Crippen LogP contribution in [0.2, 0.25) is 0 Å². The normalized spacial score (nSPS) is 15.0. The zero-order valence-electron chi connectivity index (χ0n) is 12.3. The lowest BCUT2D eigenvalue weighted by Gasteiger charge is -2.27. The molecule has 0 radical (unpaired) electrons. The van der Waals surface area contributed by atoms with E-state index in [1.54, 1.807) is 23.3 Å². The van der Waals surface area contributed by atoms with E-state index < -0.39 is 0 Å². The van der Waals surface area contributed by atoms with Crippen LogP contribution in [0.25, 0.3) is 0 Å². The van der Waals surface area contributed by atoms with Crippen LogP contribution in [-0.2, 0) is 18.5 Å². The maximum absolute atomic E-state index is 5.41. The number of aryl methyl sites for hydroxylation is 1. The van der Waals surface area contributed by atoms with Crippen LogP contribution >= 0.6 is 15.9 Å². The first-order chi connectivity index (χ1) is 10.7. The fourth-order valence-electron chi connectivity index (χ4n) is 2.27. The number of hydrogen-bond acceptors (Lipinski definition) is 6. The van der Waals surface area contributed by atoms with Gasteiger partial charge in [0.05, 0.1) is 16.4 Å². The van der Waals surface area contributed by atoms with E-state index in [0.29, 0.717) is 6.61 Å². The molecule has 1 aliphatic rings. The molecule has 7 nitrogen and oxygen atoms in total. The second-order valence-corrected chi connectivity index (χ2v) is 6.06. The fraction of sp³-hybridized carbons (Fsp3) is 0.429. The van der Waals surface area contributed by atoms with Gasteiger partial charge in [0.15, 0.2) is 0 Å². The summed E-state index contributed by atoms with van der Waals surface area (Å²) in [5, 5.41) is 8.33. The van der Waals surface area contributed by atoms with Crippen LogP contribution in [0.4, 0.5) is 5.95 Å². The van der Waals surface area contributed by atoms with Gasteiger partial charge in [0.1, 0.15) is 6.61 Å². The lowest BCUT2D eigenvalue weighted by Crippen LogP contribution is -2.35. The van der Waals surface area contributed by atoms with Crippen molar-refractivity contribution in [3.63, 3.8) is 0 Å². The molecule has 2 aromatic heterocycles. The van der Waals surface area contributed by atoms with E-state index in [1.807, 2.05) is 13.2 Å². The summed E-state index contributed by atoms with van der Waals surface area (Å²) in [5.74, 6) is 0.763. The minimum atomic E-state index is 0.455. The maximum Gasteiger partial charge on any atom is 0.225 e. The quantitative estimate of drug-likeness (QED) is 0.777. The van der Waals surface area contributed by atoms with Crippen molar-refractivity contribution in [2.75, 3.05) is 18.0 Å². The number of anilines is 1. The van der Waals surface area contributed by atoms with Crippen LogP contribution < -0.4 is 4.90 Å². The Bertz CT molecular complexity index is 644. The Morgan fingerprint density at radius 3 is 2.59 bits per heavy atom. The highest BCUT2D eigenvalue weighted by Crippen LogP contribution is 2.16. The third-order valence-electron chi connectivity index (χ3n) is 3.41. The molecular formula is C14H17BrN6O. The van der Waals surface area contributed by atoms with Crippen molar-refractivity contribution >= 4 is 27.6 Å². The van der Waals surface area contributed by atoms with Gasteiger partial charge in [-0.2, -0.15) is 5.10 Å². The van der Waals surface area contributed by atoms with Gasteiger partial charge >= 0.3 is 0 Å². The number of oxime groups is 1. The largest absolute Gasteiger partial charge is 0.391 e. The van der Waals surface area contributed by atoms with Gasteiger partial charge in [-0.25, -0.2) is 9.97 Å². The van der Waals surface area contributed by atoms with Crippen LogP contribution in [0.1, 0.15) is 18.4 Å². The Morgan fingerprint density at radius 1 is 1.23 bits per heavy atom. The Labute approximate surface area is 137 Å². The molecule has 1 saturated heterocycles. The predicted molar refractivity (Wildman–Crippen MR) is 86.6 cm³/mol. The molecule has 0 bridgehead atoms. The number of aromatic nitrogens is 4. The molecule has 1 aliphatic heterocycles. The van der Waals surface area contributed by atoms with Gasteiger partial charge in [0.25, 0.3) is 0 Å². The van der Waals surface area contributed by atoms with Gasteiger partial charge in [-0.1, -0.05) is 5.16 Å². The summed E-state index contributed by atoms with van der Waals surface area (Å²) in [4.78, 5) is 16.2. The number of piperidine rings is 1. The molecule has 0 N–H and O–H groups in total. The van der Waals surface area contributed by atoms with E-state index in [1.165, 1.54) is 0 Å². The molecule has 22 heavy (non-hydrogen) atoms. The highest BCUT2D eigenvalue weighted by Gasteiger charge is 2.17. The molecule has 0 aromatic carbocycles. The Balaban J connectivity index is 1.48. The molecule has 3 heterocycles. The smallest absolute Gasteiger partial charge is 0.225 e. The molecule has 1 fully saturated rings. The summed E-state index contributed by atoms with van der Waals surface area (Å²) < 4.78 is 2.64. The third-order valence-corrected chi connectivity index (χ3v) is 3.82. The average Bonchev–Trinajstić information content (AvgIpc) is 2.94. The molecule has 0 spiro atoms. The summed E-state index contributed by atoms with van der Waals surface area (Å²) in [6.45, 7) is 2.17. The minimum absolute atomic E-state index is 0.455. The molecule has 3 rings (SSSR count). The van der Waals surface area contributed by atoms with Crippen molar-refractivity contribution < 1.29 is 4.84 Å². The highest BCUT2D eigenvalue weighted by molar-refractivity contribution is 9.10. The number of halogens is 1. The summed E-state index contributed by atoms with van der Waals surface area (Å²) in [6, 6.07) is 0. The van der Waals surface area contributed by atoms with Gasteiger partial charge in [-0.3, -0.25) is 4.68 Å². The van der Waals surface area contributed by atoms with E-state index in [4.69, 9.17) is 4.84 Å². The zero-order valence-corrected chi connectivity index (χ0v) is 13.9. The summed E-state index contributed by atoms with van der Waals surface area (Å²) in [5.41, 5.74) is 2.10. The summed E-state index contributed by atoms with van der Waals surface area (Å²) >= 11 is 3.34. The van der Waals surface area contributed by atoms with Gasteiger partial charge in [-0.15, -0.1) is 0 Å². The standard InChI is InChI=1S/C14H17BrN6O/c1-20-9-11(6-18-20)10-22-19-13-2-4-21(5-3-13)14-16-7-12(15)8-17-14/h6-9H,2-5,10H2,1H3. The van der Waals surface area contributed by atoms with E-state index in [9.17, 15) is 0 Å². The molecule has 0 saturated carbocycles. The fourth-order valence-corrected chi connectivity index (χ4v) is 2.47. The van der Waals surface area contributed by atoms with Gasteiger partial charge in [0, 0.05) is 57.1 Å². The molecule has 2 aromatic rings. The van der Waals surface area contributed by atoms with E-state index in [-0.39, 0.29) is 0 Å². The highest BCUT2D eigenvalue weighted by atomic mass is 79.9. The first-order valence-electron chi connectivity index (χ1n) is 7.08. The number of nitrogens with zero attached hydrogens (tertiary/aromatic N) is 6. The van der Waals surface area contributed by atoms with E-state index in [0.717, 1.165) is 47.6 Å². The number of rotatable bonds is 4. The summed E-state index contributed by atoms with van der Waals surface area (Å²) in [6.07, 6.45) is 8.98. The van der Waals surface area contributed by atoms with Crippen molar-refractivity contribution in [2.24, 2.45) is 12.2 Å². The van der Waals surface area contributed by atoms with Gasteiger partial charge in [0.2, 0.25) is 5.95 Å². The Kier molecular flexibility index (Phi) is 4.67. The van der Waals surface area contributed by atoms with Crippen LogP contribution in [0.15, 0.2) is 34.4 Å². The van der Waals surface area contributed by atoms with Gasteiger partial charge in [-0.05, 0) is 15.9 Å². The monoisotopic (exact) mass is 364 g/mol. The molecule has 0 unspecified atom stereocenters. The molecule has 0 amide bonds. The Hall–Kier alpha value is -1.96. The van der Waals surface area contributed by atoms with Crippen molar-refractivity contribution in [1.29, 1.82) is 0 Å². The first kappa shape index (κ1) is 15.0. The van der Waals surface area contributed by atoms with Crippen LogP contribution in [0.3, 0.4) is 0 Å². The van der Waals surface area contributed by atoms with Gasteiger partial charge < -0.3 is 9.74 Å². The van der Waals surface area contributed by atoms with Crippen molar-refractivity contribution in [1.82, 2.24) is 19.7 Å². The molecule has 0 aliphatic carbocycles. The lowest BCUT2D eigenvalue weighted by molar-refractivity contribution is 0.129. The van der Waals surface area contributed by atoms with Crippen molar-refractivity contribution in [3.05, 3.63) is 34.8 Å². The van der Waals surface area contributed by atoms with Crippen LogP contribution in [-0.4, -0.2) is 38.5 Å². The zero-order chi connectivity index (χ0) is 15.4. The van der Waals surface area contributed by atoms with E-state index in [2.05, 4.69) is 41.1 Å². The van der Waals surface area contributed by atoms with Crippen molar-refractivity contribution in [3.8, 4) is 0 Å². The molecule has 0 atom stereocenters. The lowest BCUT2D eigenvalue weighted by atomic mass is 10.1. The Morgan fingerprint density at radius 2 is 1.95 bits per heavy atom. The second kappa shape index (κ2) is 6.87. The van der Waals surface area contributed by atoms with Crippen LogP contribution in [0.5, 0.6) is 0 Å². The second-order valence-electron chi connectivity index (χ2n) is 5.14. The average molecular weight is 365 g/mol. The van der Waals surface area contributed by atoms with Crippen LogP contribution in [0, 0.1) is 0 Å². The minimum Gasteiger partial charge on any atom is -0.391 e. The predicted octanol–water partition coefficient (Wildman–Crippen LogP) is 2.15. The SMILES string of the molecule is Cn1cc(CON=C2CCN(c3ncc(Br)cn3)CC2)cn1.